The quantitative estimate of drug-likeness (QED) is 0.838. The summed E-state index contributed by atoms with van der Waals surface area (Å²) in [5, 5.41) is 3.56. The molecule has 0 fully saturated rings. The Morgan fingerprint density at radius 1 is 1.29 bits per heavy atom. The maximum Gasteiger partial charge on any atom is 0.224 e. The minimum Gasteiger partial charge on any atom is -0.338 e. The Hall–Kier alpha value is -1.17. The molecule has 0 aliphatic heterocycles. The number of rotatable bonds is 4. The van der Waals surface area contributed by atoms with Crippen molar-refractivity contribution in [1.82, 2.24) is 9.97 Å². The number of hydrogen-bond acceptors (Lipinski definition) is 4. The van der Waals surface area contributed by atoms with Gasteiger partial charge in [0.05, 0.1) is 27.6 Å². The predicted octanol–water partition coefficient (Wildman–Crippen LogP) is 4.35. The van der Waals surface area contributed by atoms with Gasteiger partial charge >= 0.3 is 0 Å². The lowest BCUT2D eigenvalue weighted by Gasteiger charge is -2.16. The normalized spacial score (nSPS) is 12.5. The van der Waals surface area contributed by atoms with E-state index in [1.54, 1.807) is 0 Å². The summed E-state index contributed by atoms with van der Waals surface area (Å²) in [5.41, 5.74) is 1.65. The van der Waals surface area contributed by atoms with Crippen molar-refractivity contribution < 1.29 is 4.21 Å². The topological polar surface area (TPSA) is 54.9 Å². The Kier molecular flexibility index (Phi) is 5.19. The molecule has 2 aromatic rings. The maximum atomic E-state index is 12.5. The summed E-state index contributed by atoms with van der Waals surface area (Å²) in [6.07, 6.45) is 1.42. The van der Waals surface area contributed by atoms with E-state index in [4.69, 9.17) is 23.2 Å². The van der Waals surface area contributed by atoms with Crippen LogP contribution in [0.1, 0.15) is 19.4 Å². The van der Waals surface area contributed by atoms with Gasteiger partial charge in [0.1, 0.15) is 5.02 Å². The first kappa shape index (κ1) is 16.2. The van der Waals surface area contributed by atoms with E-state index in [2.05, 4.69) is 15.3 Å². The molecule has 7 heteroatoms. The first-order valence-corrected chi connectivity index (χ1v) is 8.32. The van der Waals surface area contributed by atoms with Crippen molar-refractivity contribution in [2.75, 3.05) is 5.32 Å². The van der Waals surface area contributed by atoms with Crippen LogP contribution in [0.5, 0.6) is 0 Å². The number of benzene rings is 1. The van der Waals surface area contributed by atoms with Gasteiger partial charge in [-0.15, -0.1) is 0 Å². The van der Waals surface area contributed by atoms with Gasteiger partial charge in [-0.3, -0.25) is 4.21 Å². The van der Waals surface area contributed by atoms with Crippen LogP contribution in [0.3, 0.4) is 0 Å². The van der Waals surface area contributed by atoms with E-state index in [1.165, 1.54) is 6.20 Å². The zero-order valence-electron chi connectivity index (χ0n) is 11.9. The van der Waals surface area contributed by atoms with Gasteiger partial charge in [0.2, 0.25) is 5.28 Å². The molecule has 0 bridgehead atoms. The van der Waals surface area contributed by atoms with Gasteiger partial charge in [-0.2, -0.15) is 4.98 Å². The van der Waals surface area contributed by atoms with Gasteiger partial charge in [0, 0.05) is 5.25 Å². The lowest BCUT2D eigenvalue weighted by atomic mass is 10.2. The summed E-state index contributed by atoms with van der Waals surface area (Å²) >= 11 is 11.8. The van der Waals surface area contributed by atoms with Crippen molar-refractivity contribution in [2.24, 2.45) is 0 Å². The molecule has 1 aromatic carbocycles. The summed E-state index contributed by atoms with van der Waals surface area (Å²) in [6.45, 7) is 5.76. The van der Waals surface area contributed by atoms with Crippen LogP contribution in [0, 0.1) is 6.92 Å². The molecule has 2 rings (SSSR count). The van der Waals surface area contributed by atoms with Crippen LogP contribution >= 0.6 is 23.2 Å². The van der Waals surface area contributed by atoms with Gasteiger partial charge in [-0.25, -0.2) is 4.98 Å². The van der Waals surface area contributed by atoms with Crippen LogP contribution in [-0.4, -0.2) is 19.4 Å². The summed E-state index contributed by atoms with van der Waals surface area (Å²) < 4.78 is 12.5. The molecular formula is C14H15Cl2N3OS. The van der Waals surface area contributed by atoms with Gasteiger partial charge in [0.25, 0.3) is 0 Å². The second-order valence-electron chi connectivity index (χ2n) is 4.76. The number of anilines is 2. The maximum absolute atomic E-state index is 12.5. The molecular weight excluding hydrogens is 329 g/mol. The lowest BCUT2D eigenvalue weighted by molar-refractivity contribution is 0.676. The molecule has 1 aromatic heterocycles. The van der Waals surface area contributed by atoms with Crippen LogP contribution in [0.4, 0.5) is 11.5 Å². The molecule has 0 spiro atoms. The van der Waals surface area contributed by atoms with Crippen molar-refractivity contribution in [3.63, 3.8) is 0 Å². The number of nitrogens with zero attached hydrogens (tertiary/aromatic N) is 2. The fourth-order valence-corrected chi connectivity index (χ4v) is 3.28. The summed E-state index contributed by atoms with van der Waals surface area (Å²) in [5.74, 6) is 0.393. The molecule has 0 amide bonds. The fraction of sp³-hybridized carbons (Fsp3) is 0.286. The third kappa shape index (κ3) is 3.73. The monoisotopic (exact) mass is 343 g/mol. The Labute approximate surface area is 136 Å². The molecule has 1 heterocycles. The van der Waals surface area contributed by atoms with Crippen molar-refractivity contribution in [3.8, 4) is 0 Å². The highest BCUT2D eigenvalue weighted by Gasteiger charge is 2.17. The number of nitrogens with one attached hydrogen (secondary N) is 1. The third-order valence-electron chi connectivity index (χ3n) is 2.81. The average Bonchev–Trinajstić information content (AvgIpc) is 2.42. The van der Waals surface area contributed by atoms with Gasteiger partial charge in [-0.05, 0) is 30.2 Å². The van der Waals surface area contributed by atoms with E-state index < -0.39 is 10.8 Å². The molecule has 1 unspecified atom stereocenters. The van der Waals surface area contributed by atoms with Crippen molar-refractivity contribution in [3.05, 3.63) is 40.3 Å². The zero-order chi connectivity index (χ0) is 15.6. The molecule has 0 aliphatic carbocycles. The number of halogens is 2. The van der Waals surface area contributed by atoms with Crippen LogP contribution in [-0.2, 0) is 10.8 Å². The van der Waals surface area contributed by atoms with Crippen LogP contribution in [0.2, 0.25) is 10.3 Å². The molecule has 0 saturated carbocycles. The summed E-state index contributed by atoms with van der Waals surface area (Å²) in [7, 11) is -1.13. The highest BCUT2D eigenvalue weighted by Crippen LogP contribution is 2.30. The molecule has 1 N–H and O–H groups in total. The van der Waals surface area contributed by atoms with E-state index in [1.807, 2.05) is 39.0 Å². The molecule has 112 valence electrons. The molecule has 0 aliphatic rings. The Morgan fingerprint density at radius 3 is 2.67 bits per heavy atom. The number of hydrogen-bond donors (Lipinski definition) is 1. The Bertz CT molecular complexity index is 692. The minimum atomic E-state index is -1.13. The lowest BCUT2D eigenvalue weighted by Crippen LogP contribution is -2.10. The predicted molar refractivity (Wildman–Crippen MR) is 88.1 cm³/mol. The Balaban J connectivity index is 2.47. The third-order valence-corrected chi connectivity index (χ3v) is 5.07. The average molecular weight is 344 g/mol. The van der Waals surface area contributed by atoms with E-state index in [-0.39, 0.29) is 10.5 Å². The van der Waals surface area contributed by atoms with Crippen LogP contribution < -0.4 is 5.32 Å². The summed E-state index contributed by atoms with van der Waals surface area (Å²) in [4.78, 5) is 8.61. The zero-order valence-corrected chi connectivity index (χ0v) is 14.2. The first-order valence-electron chi connectivity index (χ1n) is 6.35. The van der Waals surface area contributed by atoms with Crippen molar-refractivity contribution in [1.29, 1.82) is 0 Å². The van der Waals surface area contributed by atoms with E-state index >= 15 is 0 Å². The van der Waals surface area contributed by atoms with Crippen molar-refractivity contribution >= 4 is 45.5 Å². The number of aryl methyl sites for hydroxylation is 1. The van der Waals surface area contributed by atoms with E-state index in [0.29, 0.717) is 16.5 Å². The smallest absolute Gasteiger partial charge is 0.224 e. The number of aromatic nitrogens is 2. The van der Waals surface area contributed by atoms with Crippen LogP contribution in [0.15, 0.2) is 29.3 Å². The molecule has 0 saturated heterocycles. The van der Waals surface area contributed by atoms with E-state index in [9.17, 15) is 4.21 Å². The second-order valence-corrected chi connectivity index (χ2v) is 7.45. The van der Waals surface area contributed by atoms with Gasteiger partial charge in [0.15, 0.2) is 5.82 Å². The SMILES string of the molecule is Cc1cccc(Nc2nc(Cl)ncc2Cl)c1S(=O)C(C)C. The fourth-order valence-electron chi connectivity index (χ4n) is 1.81. The van der Waals surface area contributed by atoms with Gasteiger partial charge in [-0.1, -0.05) is 37.6 Å². The molecule has 4 nitrogen and oxygen atoms in total. The largest absolute Gasteiger partial charge is 0.338 e. The standard InChI is InChI=1S/C14H15Cl2N3OS/c1-8(2)21(20)12-9(3)5-4-6-11(12)18-13-10(15)7-17-14(16)19-13/h4-8H,1-3H3,(H,17,18,19). The molecule has 21 heavy (non-hydrogen) atoms. The molecule has 0 radical (unpaired) electrons. The van der Waals surface area contributed by atoms with Gasteiger partial charge < -0.3 is 5.32 Å². The minimum absolute atomic E-state index is 0.0103. The van der Waals surface area contributed by atoms with Crippen molar-refractivity contribution in [2.45, 2.75) is 30.9 Å². The first-order chi connectivity index (χ1) is 9.90. The second kappa shape index (κ2) is 6.73. The highest BCUT2D eigenvalue weighted by molar-refractivity contribution is 7.85. The van der Waals surface area contributed by atoms with E-state index in [0.717, 1.165) is 10.5 Å². The Morgan fingerprint density at radius 2 is 2.00 bits per heavy atom. The summed E-state index contributed by atoms with van der Waals surface area (Å²) in [6, 6.07) is 5.65. The van der Waals surface area contributed by atoms with Crippen LogP contribution in [0.25, 0.3) is 0 Å². The highest BCUT2D eigenvalue weighted by atomic mass is 35.5. The molecule has 1 atom stereocenters.